The lowest BCUT2D eigenvalue weighted by molar-refractivity contribution is 0.0528. The van der Waals surface area contributed by atoms with E-state index in [1.54, 1.807) is 31.5 Å². The van der Waals surface area contributed by atoms with Crippen LogP contribution in [0.3, 0.4) is 0 Å². The van der Waals surface area contributed by atoms with Gasteiger partial charge in [-0.3, -0.25) is 4.98 Å². The Kier molecular flexibility index (Phi) is 4.29. The predicted octanol–water partition coefficient (Wildman–Crippen LogP) is 4.48. The third-order valence-electron chi connectivity index (χ3n) is 4.73. The number of aromatic nitrogens is 2. The van der Waals surface area contributed by atoms with Crippen LogP contribution >= 0.6 is 0 Å². The van der Waals surface area contributed by atoms with Gasteiger partial charge in [0.25, 0.3) is 0 Å². The number of esters is 1. The lowest BCUT2D eigenvalue weighted by Gasteiger charge is -2.10. The Bertz CT molecular complexity index is 946. The molecular weight excluding hydrogens is 331 g/mol. The minimum atomic E-state index is -0.347. The minimum absolute atomic E-state index is 0.295. The van der Waals surface area contributed by atoms with Crippen molar-refractivity contribution in [2.24, 2.45) is 0 Å². The molecule has 0 atom stereocenters. The Morgan fingerprint density at radius 2 is 1.88 bits per heavy atom. The zero-order valence-electron chi connectivity index (χ0n) is 14.5. The Morgan fingerprint density at radius 1 is 1.15 bits per heavy atom. The van der Waals surface area contributed by atoms with Gasteiger partial charge in [0.2, 0.25) is 0 Å². The fourth-order valence-electron chi connectivity index (χ4n) is 3.72. The van der Waals surface area contributed by atoms with Gasteiger partial charge in [-0.15, -0.1) is 0 Å². The molecular formula is C21H19FN2O2. The first-order chi connectivity index (χ1) is 12.7. The number of benzene rings is 1. The molecule has 0 bridgehead atoms. The highest BCUT2D eigenvalue weighted by Gasteiger charge is 2.31. The lowest BCUT2D eigenvalue weighted by atomic mass is 9.97. The van der Waals surface area contributed by atoms with Crippen molar-refractivity contribution >= 4 is 5.97 Å². The molecule has 0 unspecified atom stereocenters. The third kappa shape index (κ3) is 2.69. The first kappa shape index (κ1) is 16.5. The number of fused-ring (bicyclic) bond motifs is 1. The highest BCUT2D eigenvalue weighted by atomic mass is 19.1. The molecule has 0 aliphatic carbocycles. The molecule has 5 heteroatoms. The highest BCUT2D eigenvalue weighted by molar-refractivity contribution is 6.05. The van der Waals surface area contributed by atoms with Gasteiger partial charge in [-0.1, -0.05) is 12.1 Å². The molecule has 0 radical (unpaired) electrons. The third-order valence-corrected chi connectivity index (χ3v) is 4.73. The van der Waals surface area contributed by atoms with Crippen LogP contribution in [0.15, 0.2) is 48.8 Å². The number of halogens is 1. The number of carbonyl (C=O) groups excluding carboxylic acids is 1. The summed E-state index contributed by atoms with van der Waals surface area (Å²) in [7, 11) is 0. The van der Waals surface area contributed by atoms with Crippen LogP contribution in [0, 0.1) is 5.82 Å². The first-order valence-corrected chi connectivity index (χ1v) is 8.79. The monoisotopic (exact) mass is 350 g/mol. The Balaban J connectivity index is 2.01. The number of hydrogen-bond donors (Lipinski definition) is 0. The lowest BCUT2D eigenvalue weighted by Crippen LogP contribution is -2.08. The molecule has 1 aromatic carbocycles. The number of hydrogen-bond acceptors (Lipinski definition) is 3. The van der Waals surface area contributed by atoms with E-state index in [0.29, 0.717) is 12.2 Å². The molecule has 3 aromatic rings. The molecule has 2 aromatic heterocycles. The van der Waals surface area contributed by atoms with Crippen LogP contribution in [0.5, 0.6) is 0 Å². The van der Waals surface area contributed by atoms with Gasteiger partial charge in [0.05, 0.1) is 17.9 Å². The quantitative estimate of drug-likeness (QED) is 0.652. The van der Waals surface area contributed by atoms with Crippen LogP contribution in [0.1, 0.15) is 29.4 Å². The summed E-state index contributed by atoms with van der Waals surface area (Å²) in [5.74, 6) is -0.641. The normalized spacial score (nSPS) is 12.8. The predicted molar refractivity (Wildman–Crippen MR) is 97.3 cm³/mol. The van der Waals surface area contributed by atoms with Crippen LogP contribution in [-0.4, -0.2) is 22.1 Å². The Morgan fingerprint density at radius 3 is 2.58 bits per heavy atom. The van der Waals surface area contributed by atoms with E-state index in [1.807, 2.05) is 12.1 Å². The van der Waals surface area contributed by atoms with E-state index < -0.39 is 0 Å². The Hall–Kier alpha value is -2.95. The molecule has 0 N–H and O–H groups in total. The molecule has 0 fully saturated rings. The van der Waals surface area contributed by atoms with Gasteiger partial charge in [-0.25, -0.2) is 9.18 Å². The summed E-state index contributed by atoms with van der Waals surface area (Å²) in [5.41, 5.74) is 5.14. The molecule has 1 aliphatic rings. The van der Waals surface area contributed by atoms with Crippen LogP contribution in [0.4, 0.5) is 4.39 Å². The summed E-state index contributed by atoms with van der Waals surface area (Å²) in [6.07, 6.45) is 5.34. The van der Waals surface area contributed by atoms with Crippen molar-refractivity contribution in [1.82, 2.24) is 9.55 Å². The van der Waals surface area contributed by atoms with Crippen LogP contribution in [-0.2, 0) is 17.7 Å². The van der Waals surface area contributed by atoms with Gasteiger partial charge in [-0.2, -0.15) is 0 Å². The topological polar surface area (TPSA) is 44.1 Å². The summed E-state index contributed by atoms with van der Waals surface area (Å²) in [6, 6.07) is 10.1. The zero-order valence-corrected chi connectivity index (χ0v) is 14.5. The second-order valence-corrected chi connectivity index (χ2v) is 6.26. The molecule has 0 saturated heterocycles. The number of nitrogens with zero attached hydrogens (tertiary/aromatic N) is 2. The smallest absolute Gasteiger partial charge is 0.340 e. The average Bonchev–Trinajstić information content (AvgIpc) is 3.23. The Labute approximate surface area is 151 Å². The summed E-state index contributed by atoms with van der Waals surface area (Å²) >= 11 is 0. The zero-order chi connectivity index (χ0) is 18.1. The van der Waals surface area contributed by atoms with Crippen molar-refractivity contribution in [2.45, 2.75) is 26.3 Å². The second-order valence-electron chi connectivity index (χ2n) is 6.26. The molecule has 4 nitrogen and oxygen atoms in total. The van der Waals surface area contributed by atoms with Crippen LogP contribution < -0.4 is 0 Å². The van der Waals surface area contributed by atoms with E-state index in [4.69, 9.17) is 4.74 Å². The number of carbonyl (C=O) groups is 1. The van der Waals surface area contributed by atoms with Crippen molar-refractivity contribution in [3.05, 3.63) is 65.9 Å². The summed E-state index contributed by atoms with van der Waals surface area (Å²) < 4.78 is 21.0. The second kappa shape index (κ2) is 6.75. The van der Waals surface area contributed by atoms with Gasteiger partial charge >= 0.3 is 5.97 Å². The number of rotatable bonds is 4. The molecule has 132 valence electrons. The summed E-state index contributed by atoms with van der Waals surface area (Å²) in [4.78, 5) is 17.0. The van der Waals surface area contributed by atoms with E-state index in [0.717, 1.165) is 47.5 Å². The maximum atomic E-state index is 13.4. The van der Waals surface area contributed by atoms with Gasteiger partial charge in [0, 0.05) is 35.8 Å². The minimum Gasteiger partial charge on any atom is -0.462 e. The van der Waals surface area contributed by atoms with Gasteiger partial charge in [0.1, 0.15) is 5.82 Å². The highest BCUT2D eigenvalue weighted by Crippen LogP contribution is 2.41. The van der Waals surface area contributed by atoms with Crippen molar-refractivity contribution in [2.75, 3.05) is 6.61 Å². The molecule has 0 spiro atoms. The maximum Gasteiger partial charge on any atom is 0.340 e. The van der Waals surface area contributed by atoms with Gasteiger partial charge in [-0.05, 0) is 49.6 Å². The van der Waals surface area contributed by atoms with E-state index >= 15 is 0 Å². The van der Waals surface area contributed by atoms with Gasteiger partial charge < -0.3 is 9.30 Å². The SMILES string of the molecule is CCOC(=O)c1c(-c2ccc(F)cc2)c2n(c1-c1ccncc1)CCC2. The fraction of sp³-hybridized carbons (Fsp3) is 0.238. The van der Waals surface area contributed by atoms with E-state index in [-0.39, 0.29) is 11.8 Å². The van der Waals surface area contributed by atoms with Crippen molar-refractivity contribution in [3.8, 4) is 22.4 Å². The largest absolute Gasteiger partial charge is 0.462 e. The molecule has 3 heterocycles. The standard InChI is InChI=1S/C21H19FN2O2/c1-2-26-21(25)19-18(14-5-7-16(22)8-6-14)17-4-3-13-24(17)20(19)15-9-11-23-12-10-15/h5-12H,2-4,13H2,1H3. The first-order valence-electron chi connectivity index (χ1n) is 8.79. The van der Waals surface area contributed by atoms with Crippen molar-refractivity contribution in [1.29, 1.82) is 0 Å². The molecule has 4 rings (SSSR count). The molecule has 1 aliphatic heterocycles. The van der Waals surface area contributed by atoms with Crippen LogP contribution in [0.2, 0.25) is 0 Å². The van der Waals surface area contributed by atoms with Crippen LogP contribution in [0.25, 0.3) is 22.4 Å². The molecule has 0 amide bonds. The summed E-state index contributed by atoms with van der Waals surface area (Å²) in [6.45, 7) is 2.95. The fourth-order valence-corrected chi connectivity index (χ4v) is 3.72. The van der Waals surface area contributed by atoms with Gasteiger partial charge in [0.15, 0.2) is 0 Å². The van der Waals surface area contributed by atoms with E-state index in [1.165, 1.54) is 12.1 Å². The average molecular weight is 350 g/mol. The molecule has 26 heavy (non-hydrogen) atoms. The van der Waals surface area contributed by atoms with Crippen molar-refractivity contribution in [3.63, 3.8) is 0 Å². The maximum absolute atomic E-state index is 13.4. The molecule has 0 saturated carbocycles. The summed E-state index contributed by atoms with van der Waals surface area (Å²) in [5, 5.41) is 0. The van der Waals surface area contributed by atoms with Crippen molar-refractivity contribution < 1.29 is 13.9 Å². The number of pyridine rings is 1. The number of ether oxygens (including phenoxy) is 1. The van der Waals surface area contributed by atoms with E-state index in [2.05, 4.69) is 9.55 Å². The van der Waals surface area contributed by atoms with E-state index in [9.17, 15) is 9.18 Å².